The highest BCUT2D eigenvalue weighted by Crippen LogP contribution is 2.31. The molecule has 1 aliphatic heterocycles. The van der Waals surface area contributed by atoms with Crippen LogP contribution < -0.4 is 0 Å². The minimum absolute atomic E-state index is 0.0498. The molecular weight excluding hydrogens is 234 g/mol. The van der Waals surface area contributed by atoms with E-state index in [1.165, 1.54) is 13.5 Å². The number of nitrogens with zero attached hydrogens (tertiary/aromatic N) is 1. The molecule has 0 N–H and O–H groups in total. The maximum Gasteiger partial charge on any atom is 0.309 e. The molecule has 1 fully saturated rings. The first-order valence-electron chi connectivity index (χ1n) is 6.33. The molecule has 100 valence electrons. The lowest BCUT2D eigenvalue weighted by Crippen LogP contribution is -2.42. The van der Waals surface area contributed by atoms with Gasteiger partial charge in [0.25, 0.3) is 0 Å². The number of ether oxygens (including phenoxy) is 1. The fourth-order valence-electron chi connectivity index (χ4n) is 2.14. The molecule has 0 spiro atoms. The van der Waals surface area contributed by atoms with Crippen molar-refractivity contribution in [1.29, 1.82) is 0 Å². The van der Waals surface area contributed by atoms with E-state index in [1.807, 2.05) is 18.7 Å². The molecule has 0 aromatic rings. The van der Waals surface area contributed by atoms with E-state index in [9.17, 15) is 4.79 Å². The van der Waals surface area contributed by atoms with Crippen LogP contribution in [0, 0.1) is 5.92 Å². The zero-order valence-corrected chi connectivity index (χ0v) is 12.5. The molecule has 17 heavy (non-hydrogen) atoms. The molecule has 0 aliphatic carbocycles. The number of hydrogen-bond donors (Lipinski definition) is 0. The molecular formula is C13H25NO2S. The highest BCUT2D eigenvalue weighted by atomic mass is 32.2. The largest absolute Gasteiger partial charge is 0.469 e. The first-order chi connectivity index (χ1) is 7.87. The summed E-state index contributed by atoms with van der Waals surface area (Å²) in [5.74, 6) is 0.991. The molecule has 0 bridgehead atoms. The Labute approximate surface area is 109 Å². The van der Waals surface area contributed by atoms with Crippen molar-refractivity contribution >= 4 is 17.7 Å². The third kappa shape index (κ3) is 4.18. The summed E-state index contributed by atoms with van der Waals surface area (Å²) in [5, 5.41) is 0. The molecule has 1 saturated heterocycles. The molecule has 4 heteroatoms. The van der Waals surface area contributed by atoms with E-state index >= 15 is 0 Å². The van der Waals surface area contributed by atoms with Crippen molar-refractivity contribution in [2.24, 2.45) is 5.92 Å². The molecule has 0 aromatic heterocycles. The average Bonchev–Trinajstić information content (AvgIpc) is 2.47. The van der Waals surface area contributed by atoms with Gasteiger partial charge in [0, 0.05) is 23.1 Å². The van der Waals surface area contributed by atoms with E-state index in [-0.39, 0.29) is 17.9 Å². The second-order valence-electron chi connectivity index (χ2n) is 5.45. The van der Waals surface area contributed by atoms with Gasteiger partial charge < -0.3 is 4.74 Å². The lowest BCUT2D eigenvalue weighted by Gasteiger charge is -2.31. The predicted molar refractivity (Wildman–Crippen MR) is 73.4 cm³/mol. The monoisotopic (exact) mass is 259 g/mol. The van der Waals surface area contributed by atoms with Gasteiger partial charge in [0.05, 0.1) is 13.0 Å². The highest BCUT2D eigenvalue weighted by Gasteiger charge is 2.30. The Morgan fingerprint density at radius 3 is 2.59 bits per heavy atom. The van der Waals surface area contributed by atoms with Crippen LogP contribution in [0.2, 0.25) is 0 Å². The SMILES string of the molecule is COC(=O)C(C)C(C)N1CCSC(C)(C)CC1. The maximum atomic E-state index is 11.6. The molecule has 0 aromatic carbocycles. The average molecular weight is 259 g/mol. The van der Waals surface area contributed by atoms with Crippen LogP contribution in [0.1, 0.15) is 34.1 Å². The van der Waals surface area contributed by atoms with Crippen LogP contribution in [0.15, 0.2) is 0 Å². The van der Waals surface area contributed by atoms with Crippen molar-refractivity contribution in [3.05, 3.63) is 0 Å². The summed E-state index contributed by atoms with van der Waals surface area (Å²) < 4.78 is 5.19. The molecule has 0 saturated carbocycles. The lowest BCUT2D eigenvalue weighted by molar-refractivity contribution is -0.147. The van der Waals surface area contributed by atoms with Gasteiger partial charge in [-0.2, -0.15) is 11.8 Å². The van der Waals surface area contributed by atoms with Crippen molar-refractivity contribution in [1.82, 2.24) is 4.90 Å². The second kappa shape index (κ2) is 6.10. The van der Waals surface area contributed by atoms with Gasteiger partial charge in [0.1, 0.15) is 0 Å². The normalized spacial score (nSPS) is 24.8. The number of thioether (sulfide) groups is 1. The van der Waals surface area contributed by atoms with Crippen molar-refractivity contribution in [3.8, 4) is 0 Å². The van der Waals surface area contributed by atoms with E-state index in [0.717, 1.165) is 18.8 Å². The summed E-state index contributed by atoms with van der Waals surface area (Å²) in [6, 6.07) is 0.261. The third-order valence-electron chi connectivity index (χ3n) is 3.74. The Balaban J connectivity index is 2.58. The summed E-state index contributed by atoms with van der Waals surface area (Å²) in [6.07, 6.45) is 1.18. The topological polar surface area (TPSA) is 29.5 Å². The van der Waals surface area contributed by atoms with Crippen LogP contribution in [0.3, 0.4) is 0 Å². The second-order valence-corrected chi connectivity index (χ2v) is 7.25. The van der Waals surface area contributed by atoms with Crippen molar-refractivity contribution < 1.29 is 9.53 Å². The minimum Gasteiger partial charge on any atom is -0.469 e. The van der Waals surface area contributed by atoms with Crippen LogP contribution in [0.4, 0.5) is 0 Å². The van der Waals surface area contributed by atoms with Crippen LogP contribution in [0.25, 0.3) is 0 Å². The van der Waals surface area contributed by atoms with Gasteiger partial charge >= 0.3 is 5.97 Å². The Morgan fingerprint density at radius 1 is 1.35 bits per heavy atom. The molecule has 0 amide bonds. The number of carbonyl (C=O) groups is 1. The van der Waals surface area contributed by atoms with Gasteiger partial charge in [-0.05, 0) is 19.9 Å². The van der Waals surface area contributed by atoms with E-state index in [4.69, 9.17) is 4.74 Å². The van der Waals surface area contributed by atoms with Crippen LogP contribution in [-0.2, 0) is 9.53 Å². The lowest BCUT2D eigenvalue weighted by atomic mass is 10.0. The van der Waals surface area contributed by atoms with Gasteiger partial charge in [-0.15, -0.1) is 0 Å². The van der Waals surface area contributed by atoms with E-state index in [2.05, 4.69) is 25.7 Å². The summed E-state index contributed by atoms with van der Waals surface area (Å²) in [6.45, 7) is 10.8. The Kier molecular flexibility index (Phi) is 5.32. The molecule has 2 unspecified atom stereocenters. The van der Waals surface area contributed by atoms with E-state index in [0.29, 0.717) is 4.75 Å². The van der Waals surface area contributed by atoms with Gasteiger partial charge in [-0.1, -0.05) is 20.8 Å². The molecule has 2 atom stereocenters. The number of esters is 1. The molecule has 1 rings (SSSR count). The molecule has 1 aliphatic rings. The van der Waals surface area contributed by atoms with Crippen molar-refractivity contribution in [3.63, 3.8) is 0 Å². The fourth-order valence-corrected chi connectivity index (χ4v) is 3.26. The number of carbonyl (C=O) groups excluding carboxylic acids is 1. The first kappa shape index (κ1) is 14.8. The number of hydrogen-bond acceptors (Lipinski definition) is 4. The van der Waals surface area contributed by atoms with Crippen LogP contribution in [0.5, 0.6) is 0 Å². The number of methoxy groups -OCH3 is 1. The predicted octanol–water partition coefficient (Wildman–Crippen LogP) is 2.40. The van der Waals surface area contributed by atoms with Crippen LogP contribution in [-0.4, -0.2) is 47.6 Å². The van der Waals surface area contributed by atoms with Gasteiger partial charge in [-0.25, -0.2) is 0 Å². The van der Waals surface area contributed by atoms with E-state index in [1.54, 1.807) is 0 Å². The molecule has 3 nitrogen and oxygen atoms in total. The van der Waals surface area contributed by atoms with Gasteiger partial charge in [0.2, 0.25) is 0 Å². The zero-order chi connectivity index (χ0) is 13.1. The summed E-state index contributed by atoms with van der Waals surface area (Å²) in [4.78, 5) is 14.0. The minimum atomic E-state index is -0.103. The highest BCUT2D eigenvalue weighted by molar-refractivity contribution is 8.00. The molecule has 1 heterocycles. The van der Waals surface area contributed by atoms with Crippen molar-refractivity contribution in [2.75, 3.05) is 26.0 Å². The Morgan fingerprint density at radius 2 is 2.00 bits per heavy atom. The van der Waals surface area contributed by atoms with E-state index < -0.39 is 0 Å². The van der Waals surface area contributed by atoms with Crippen LogP contribution >= 0.6 is 11.8 Å². The Bertz CT molecular complexity index is 268. The van der Waals surface area contributed by atoms with Crippen molar-refractivity contribution in [2.45, 2.75) is 44.9 Å². The summed E-state index contributed by atoms with van der Waals surface area (Å²) >= 11 is 2.03. The van der Waals surface area contributed by atoms with Gasteiger partial charge in [-0.3, -0.25) is 9.69 Å². The first-order valence-corrected chi connectivity index (χ1v) is 7.32. The third-order valence-corrected chi connectivity index (χ3v) is 5.12. The maximum absolute atomic E-state index is 11.6. The zero-order valence-electron chi connectivity index (χ0n) is 11.7. The van der Waals surface area contributed by atoms with Gasteiger partial charge in [0.15, 0.2) is 0 Å². The molecule has 0 radical (unpaired) electrons. The smallest absolute Gasteiger partial charge is 0.309 e. The Hall–Kier alpha value is -0.220. The summed E-state index contributed by atoms with van der Waals surface area (Å²) in [5.41, 5.74) is 0. The fraction of sp³-hybridized carbons (Fsp3) is 0.923. The summed E-state index contributed by atoms with van der Waals surface area (Å²) in [7, 11) is 1.47. The standard InChI is InChI=1S/C13H25NO2S/c1-10(12(15)16-5)11(2)14-7-6-13(3,4)17-9-8-14/h10-11H,6-9H2,1-5H3. The number of rotatable bonds is 3. The quantitative estimate of drug-likeness (QED) is 0.728.